The van der Waals surface area contributed by atoms with Crippen molar-refractivity contribution in [1.29, 1.82) is 0 Å². The molecule has 0 spiro atoms. The van der Waals surface area contributed by atoms with Crippen molar-refractivity contribution in [2.24, 2.45) is 0 Å². The van der Waals surface area contributed by atoms with Gasteiger partial charge in [-0.25, -0.2) is 0 Å². The van der Waals surface area contributed by atoms with Gasteiger partial charge in [-0.3, -0.25) is 4.55 Å². The maximum atomic E-state index is 10.5. The first-order valence-corrected chi connectivity index (χ1v) is 11.8. The molecule has 0 unspecified atom stereocenters. The van der Waals surface area contributed by atoms with E-state index in [2.05, 4.69) is 71.5 Å². The van der Waals surface area contributed by atoms with E-state index in [-0.39, 0.29) is 4.90 Å². The number of nitrogens with zero attached hydrogens (tertiary/aromatic N) is 1. The van der Waals surface area contributed by atoms with Crippen LogP contribution in [0.4, 0.5) is 5.69 Å². The third-order valence-electron chi connectivity index (χ3n) is 4.90. The molecule has 0 amide bonds. The van der Waals surface area contributed by atoms with Crippen LogP contribution in [0.3, 0.4) is 0 Å². The van der Waals surface area contributed by atoms with Crippen LogP contribution in [0.2, 0.25) is 0 Å². The average Bonchev–Trinajstić information content (AvgIpc) is 2.80. The molecule has 6 heteroatoms. The van der Waals surface area contributed by atoms with Gasteiger partial charge in [0, 0.05) is 24.0 Å². The van der Waals surface area contributed by atoms with Gasteiger partial charge in [-0.2, -0.15) is 13.0 Å². The monoisotopic (exact) mass is 447 g/mol. The summed E-state index contributed by atoms with van der Waals surface area (Å²) >= 11 is 0. The van der Waals surface area contributed by atoms with Gasteiger partial charge in [0.2, 0.25) is 5.52 Å². The first kappa shape index (κ1) is 23.2. The Balaban J connectivity index is 0.000000222. The summed E-state index contributed by atoms with van der Waals surface area (Å²) in [5.41, 5.74) is 4.54. The number of anilines is 1. The van der Waals surface area contributed by atoms with Crippen molar-refractivity contribution in [1.82, 2.24) is 0 Å². The minimum Gasteiger partial charge on any atom is -0.362 e. The first-order chi connectivity index (χ1) is 15.4. The molecular formula is C26H27N2O3S+. The molecule has 2 N–H and O–H groups in total. The summed E-state index contributed by atoms with van der Waals surface area (Å²) < 4.78 is 31.8. The van der Waals surface area contributed by atoms with E-state index in [4.69, 9.17) is 4.55 Å². The van der Waals surface area contributed by atoms with Gasteiger partial charge in [0.25, 0.3) is 10.1 Å². The van der Waals surface area contributed by atoms with Crippen LogP contribution in [0.1, 0.15) is 18.1 Å². The van der Waals surface area contributed by atoms with E-state index in [1.54, 1.807) is 12.1 Å². The van der Waals surface area contributed by atoms with E-state index in [1.807, 2.05) is 31.3 Å². The van der Waals surface area contributed by atoms with E-state index in [1.165, 1.54) is 28.6 Å². The molecule has 4 aromatic rings. The van der Waals surface area contributed by atoms with E-state index in [9.17, 15) is 8.42 Å². The zero-order chi connectivity index (χ0) is 23.0. The fourth-order valence-corrected chi connectivity index (χ4v) is 3.68. The molecule has 0 bridgehead atoms. The summed E-state index contributed by atoms with van der Waals surface area (Å²) in [7, 11) is -4.02. The summed E-state index contributed by atoms with van der Waals surface area (Å²) in [5.74, 6) is 0. The molecule has 32 heavy (non-hydrogen) atoms. The number of hydrogen-bond acceptors (Lipinski definition) is 3. The Labute approximate surface area is 189 Å². The molecule has 3 aromatic carbocycles. The number of aromatic nitrogens is 1. The third-order valence-corrected chi connectivity index (χ3v) is 5.77. The van der Waals surface area contributed by atoms with Crippen LogP contribution in [-0.2, 0) is 16.7 Å². The lowest BCUT2D eigenvalue weighted by atomic mass is 10.1. The summed E-state index contributed by atoms with van der Waals surface area (Å²) in [6, 6.07) is 26.8. The molecule has 0 aliphatic heterocycles. The highest BCUT2D eigenvalue weighted by molar-refractivity contribution is 7.85. The predicted octanol–water partition coefficient (Wildman–Crippen LogP) is 5.47. The van der Waals surface area contributed by atoms with Gasteiger partial charge in [0.1, 0.15) is 6.54 Å². The lowest BCUT2D eigenvalue weighted by Crippen LogP contribution is -2.32. The number of rotatable bonds is 5. The molecule has 0 aliphatic carbocycles. The standard InChI is InChI=1S/C19H18N2.C7H8O3S/c1-2-21-15-13-16(18-10-6-7-11-19(18)21)12-14-20-17-8-4-3-5-9-17;1-6-2-4-7(5-3-6)11(8,9)10/h3-15H,2H2,1H3;2-5H,1H3,(H,8,9,10)/p+1. The first-order valence-electron chi connectivity index (χ1n) is 10.3. The maximum Gasteiger partial charge on any atom is 0.294 e. The van der Waals surface area contributed by atoms with E-state index < -0.39 is 10.1 Å². The molecule has 1 aromatic heterocycles. The zero-order valence-corrected chi connectivity index (χ0v) is 19.0. The van der Waals surface area contributed by atoms with Crippen molar-refractivity contribution in [3.63, 3.8) is 0 Å². The molecule has 164 valence electrons. The van der Waals surface area contributed by atoms with E-state index in [0.717, 1.165) is 17.8 Å². The molecule has 0 aliphatic rings. The number of pyridine rings is 1. The Morgan fingerprint density at radius 1 is 0.906 bits per heavy atom. The van der Waals surface area contributed by atoms with Crippen molar-refractivity contribution in [3.8, 4) is 0 Å². The molecule has 1 heterocycles. The number of fused-ring (bicyclic) bond motifs is 1. The average molecular weight is 448 g/mol. The number of para-hydroxylation sites is 2. The van der Waals surface area contributed by atoms with Gasteiger partial charge < -0.3 is 5.32 Å². The van der Waals surface area contributed by atoms with Gasteiger partial charge in [0.05, 0.1) is 10.3 Å². The molecule has 0 saturated heterocycles. The molecule has 5 nitrogen and oxygen atoms in total. The lowest BCUT2D eigenvalue weighted by Gasteiger charge is -2.03. The molecule has 0 fully saturated rings. The van der Waals surface area contributed by atoms with Gasteiger partial charge in [-0.05, 0) is 55.8 Å². The number of aryl methyl sites for hydroxylation is 2. The Bertz CT molecular complexity index is 1300. The van der Waals surface area contributed by atoms with Gasteiger partial charge >= 0.3 is 0 Å². The quantitative estimate of drug-likeness (QED) is 0.314. The molecule has 0 saturated carbocycles. The highest BCUT2D eigenvalue weighted by Crippen LogP contribution is 2.17. The fraction of sp³-hybridized carbons (Fsp3) is 0.115. The van der Waals surface area contributed by atoms with Gasteiger partial charge in [-0.1, -0.05) is 48.0 Å². The Morgan fingerprint density at radius 2 is 1.56 bits per heavy atom. The Kier molecular flexibility index (Phi) is 7.76. The second-order valence-electron chi connectivity index (χ2n) is 7.21. The number of benzene rings is 3. The second-order valence-corrected chi connectivity index (χ2v) is 8.63. The van der Waals surface area contributed by atoms with Crippen LogP contribution in [0.25, 0.3) is 17.0 Å². The van der Waals surface area contributed by atoms with Crippen molar-refractivity contribution in [2.45, 2.75) is 25.3 Å². The zero-order valence-electron chi connectivity index (χ0n) is 18.1. The van der Waals surface area contributed by atoms with E-state index in [0.29, 0.717) is 0 Å². The predicted molar refractivity (Wildman–Crippen MR) is 130 cm³/mol. The number of hydrogen-bond donors (Lipinski definition) is 2. The van der Waals surface area contributed by atoms with Gasteiger partial charge in [-0.15, -0.1) is 0 Å². The highest BCUT2D eigenvalue weighted by atomic mass is 32.2. The largest absolute Gasteiger partial charge is 0.362 e. The highest BCUT2D eigenvalue weighted by Gasteiger charge is 2.08. The Morgan fingerprint density at radius 3 is 2.22 bits per heavy atom. The maximum absolute atomic E-state index is 10.5. The van der Waals surface area contributed by atoms with Gasteiger partial charge in [0.15, 0.2) is 6.20 Å². The summed E-state index contributed by atoms with van der Waals surface area (Å²) in [4.78, 5) is -0.0666. The van der Waals surface area contributed by atoms with E-state index >= 15 is 0 Å². The van der Waals surface area contributed by atoms with Crippen LogP contribution in [-0.4, -0.2) is 13.0 Å². The van der Waals surface area contributed by atoms with Crippen LogP contribution in [0, 0.1) is 6.92 Å². The second kappa shape index (κ2) is 10.7. The molecule has 4 rings (SSSR count). The SMILES string of the molecule is CC[n+]1ccc(/C=C/Nc2ccccc2)c2ccccc21.Cc1ccc(S(=O)(=O)O)cc1. The third kappa shape index (κ3) is 6.26. The van der Waals surface area contributed by atoms with Crippen LogP contribution < -0.4 is 9.88 Å². The number of nitrogens with one attached hydrogen (secondary N) is 1. The van der Waals surface area contributed by atoms with Crippen molar-refractivity contribution in [3.05, 3.63) is 108 Å². The fourth-order valence-electron chi connectivity index (χ4n) is 3.20. The van der Waals surface area contributed by atoms with Crippen molar-refractivity contribution in [2.75, 3.05) is 5.32 Å². The molecule has 0 radical (unpaired) electrons. The summed E-state index contributed by atoms with van der Waals surface area (Å²) in [6.07, 6.45) is 6.26. The summed E-state index contributed by atoms with van der Waals surface area (Å²) in [5, 5.41) is 4.57. The lowest BCUT2D eigenvalue weighted by molar-refractivity contribution is -0.667. The van der Waals surface area contributed by atoms with Crippen molar-refractivity contribution >= 4 is 32.8 Å². The molecular weight excluding hydrogens is 420 g/mol. The minimum absolute atomic E-state index is 0.0666. The van der Waals surface area contributed by atoms with Crippen molar-refractivity contribution < 1.29 is 17.5 Å². The van der Waals surface area contributed by atoms with Crippen LogP contribution in [0.5, 0.6) is 0 Å². The molecule has 0 atom stereocenters. The van der Waals surface area contributed by atoms with Crippen LogP contribution >= 0.6 is 0 Å². The normalized spacial score (nSPS) is 11.2. The Hall–Kier alpha value is -3.48. The minimum atomic E-state index is -4.02. The topological polar surface area (TPSA) is 70.3 Å². The van der Waals surface area contributed by atoms with Crippen LogP contribution in [0.15, 0.2) is 102 Å². The summed E-state index contributed by atoms with van der Waals surface area (Å²) in [6.45, 7) is 4.99. The smallest absolute Gasteiger partial charge is 0.294 e.